The van der Waals surface area contributed by atoms with Crippen molar-refractivity contribution in [3.63, 3.8) is 0 Å². The number of ether oxygens (including phenoxy) is 2. The number of hydrogen-bond acceptors (Lipinski definition) is 8. The van der Waals surface area contributed by atoms with Crippen molar-refractivity contribution in [2.24, 2.45) is 0 Å². The van der Waals surface area contributed by atoms with E-state index in [2.05, 4.69) is 32.5 Å². The molecule has 4 heterocycles. The Hall–Kier alpha value is -3.59. The molecule has 170 valence electrons. The number of nitrogens with two attached hydrogens (primary N) is 1. The van der Waals surface area contributed by atoms with Crippen molar-refractivity contribution in [3.8, 4) is 12.8 Å². The smallest absolute Gasteiger partial charge is 0.450 e. The third kappa shape index (κ3) is 6.45. The number of anilines is 1. The molecule has 2 atom stereocenters. The minimum absolute atomic E-state index is 0.0353. The summed E-state index contributed by atoms with van der Waals surface area (Å²) in [6.07, 6.45) is 11.4. The zero-order chi connectivity index (χ0) is 23.7. The lowest BCUT2D eigenvalue weighted by Gasteiger charge is -2.14. The second-order valence-electron chi connectivity index (χ2n) is 6.43. The highest BCUT2D eigenvalue weighted by Gasteiger charge is 2.27. The molecule has 0 aromatic carbocycles. The van der Waals surface area contributed by atoms with Crippen LogP contribution >= 0.6 is 11.6 Å². The number of rotatable bonds is 4. The summed E-state index contributed by atoms with van der Waals surface area (Å²) >= 11 is 5.82. The second kappa shape index (κ2) is 11.7. The first-order valence-corrected chi connectivity index (χ1v) is 9.67. The first-order valence-electron chi connectivity index (χ1n) is 9.30. The van der Waals surface area contributed by atoms with Gasteiger partial charge in [0.05, 0.1) is 18.1 Å². The fourth-order valence-corrected chi connectivity index (χ4v) is 3.18. The first kappa shape index (κ1) is 24.7. The molecule has 1 aliphatic rings. The lowest BCUT2D eigenvalue weighted by Crippen LogP contribution is -2.14. The van der Waals surface area contributed by atoms with Crippen molar-refractivity contribution in [3.05, 3.63) is 51.8 Å². The van der Waals surface area contributed by atoms with Gasteiger partial charge in [0.1, 0.15) is 24.3 Å². The quantitative estimate of drug-likeness (QED) is 0.257. The van der Waals surface area contributed by atoms with Crippen molar-refractivity contribution in [2.75, 3.05) is 12.3 Å². The van der Waals surface area contributed by atoms with Crippen LogP contribution in [0, 0.1) is 12.8 Å². The molecule has 0 unspecified atom stereocenters. The summed E-state index contributed by atoms with van der Waals surface area (Å²) in [5, 5.41) is 18.1. The number of nitrogen functional groups attached to an aromatic ring is 1. The number of nitrogens with one attached hydrogen (secondary N) is 1. The average molecular weight is 464 g/mol. The van der Waals surface area contributed by atoms with Crippen molar-refractivity contribution >= 4 is 34.6 Å². The standard InChI is InChI=1S/C11H13ClN4O2.C7H7NO4.C2H2/c12-11-14-9(13)7-3-4-16(10(7)15-11)8-2-1-6(5-17)18-8;9-6-3-5(1-2-8-6)4-12-7(10)11;1-2/h3-4,6,8,17H,1-2,5H2,(H2,13,14,15);1-3H,4H2,(H,8,9)(H,10,11);1-2H/t6-,8+;;/m0../s1. The summed E-state index contributed by atoms with van der Waals surface area (Å²) in [7, 11) is 0. The van der Waals surface area contributed by atoms with E-state index in [1.807, 2.05) is 16.8 Å². The van der Waals surface area contributed by atoms with Gasteiger partial charge in [-0.1, -0.05) is 0 Å². The van der Waals surface area contributed by atoms with Crippen LogP contribution in [0.1, 0.15) is 24.6 Å². The molecule has 0 aliphatic carbocycles. The molecule has 0 amide bonds. The van der Waals surface area contributed by atoms with E-state index < -0.39 is 6.16 Å². The first-order chi connectivity index (χ1) is 15.4. The fourth-order valence-electron chi connectivity index (χ4n) is 3.01. The van der Waals surface area contributed by atoms with Gasteiger partial charge in [-0.05, 0) is 42.1 Å². The van der Waals surface area contributed by atoms with Gasteiger partial charge in [0.15, 0.2) is 0 Å². The largest absolute Gasteiger partial charge is 0.506 e. The second-order valence-corrected chi connectivity index (χ2v) is 6.76. The summed E-state index contributed by atoms with van der Waals surface area (Å²) in [4.78, 5) is 31.1. The number of aliphatic hydroxyl groups excluding tert-OH is 1. The number of carboxylic acid groups (broad SMARTS) is 1. The third-order valence-electron chi connectivity index (χ3n) is 4.37. The number of aromatic nitrogens is 4. The van der Waals surface area contributed by atoms with Crippen LogP contribution in [-0.2, 0) is 16.1 Å². The van der Waals surface area contributed by atoms with Crippen molar-refractivity contribution in [2.45, 2.75) is 31.8 Å². The molecular formula is C20H22ClN5O6. The highest BCUT2D eigenvalue weighted by Crippen LogP contribution is 2.32. The molecule has 3 aromatic rings. The molecule has 1 aliphatic heterocycles. The molecule has 11 nitrogen and oxygen atoms in total. The predicted molar refractivity (Wildman–Crippen MR) is 117 cm³/mol. The predicted octanol–water partition coefficient (Wildman–Crippen LogP) is 2.16. The molecule has 0 radical (unpaired) electrons. The maximum absolute atomic E-state index is 10.7. The van der Waals surface area contributed by atoms with E-state index in [1.165, 1.54) is 12.3 Å². The van der Waals surface area contributed by atoms with Crippen LogP contribution in [0.25, 0.3) is 11.0 Å². The van der Waals surface area contributed by atoms with Crippen LogP contribution < -0.4 is 11.3 Å². The lowest BCUT2D eigenvalue weighted by atomic mass is 10.2. The van der Waals surface area contributed by atoms with Gasteiger partial charge in [0.2, 0.25) is 10.8 Å². The topological polar surface area (TPSA) is 166 Å². The summed E-state index contributed by atoms with van der Waals surface area (Å²) in [5.41, 5.74) is 6.71. The molecule has 0 spiro atoms. The zero-order valence-corrected chi connectivity index (χ0v) is 17.6. The number of hydrogen-bond donors (Lipinski definition) is 4. The Kier molecular flexibility index (Phi) is 9.03. The van der Waals surface area contributed by atoms with Crippen LogP contribution in [-0.4, -0.2) is 48.6 Å². The maximum atomic E-state index is 10.7. The monoisotopic (exact) mass is 463 g/mol. The summed E-state index contributed by atoms with van der Waals surface area (Å²) in [6.45, 7) is -0.0627. The highest BCUT2D eigenvalue weighted by atomic mass is 35.5. The van der Waals surface area contributed by atoms with Gasteiger partial charge in [-0.25, -0.2) is 9.78 Å². The normalized spacial score (nSPS) is 17.0. The number of H-pyrrole nitrogens is 1. The molecule has 0 saturated carbocycles. The summed E-state index contributed by atoms with van der Waals surface area (Å²) in [6, 6.07) is 4.70. The van der Waals surface area contributed by atoms with Crippen LogP contribution in [0.3, 0.4) is 0 Å². The van der Waals surface area contributed by atoms with E-state index >= 15 is 0 Å². The Balaban J connectivity index is 0.000000227. The van der Waals surface area contributed by atoms with Crippen molar-refractivity contribution in [1.29, 1.82) is 0 Å². The van der Waals surface area contributed by atoms with E-state index in [9.17, 15) is 9.59 Å². The fraction of sp³-hybridized carbons (Fsp3) is 0.300. The lowest BCUT2D eigenvalue weighted by molar-refractivity contribution is -0.0204. The molecule has 3 aromatic heterocycles. The van der Waals surface area contributed by atoms with Gasteiger partial charge < -0.3 is 35.0 Å². The SMILES string of the molecule is C#C.Nc1nc(Cl)nc2c1ccn2[C@H]1CC[C@@H](CO)O1.O=C(O)OCc1cc[nH]c(=O)c1. The Labute approximate surface area is 187 Å². The number of aliphatic hydroxyl groups is 1. The molecule has 12 heteroatoms. The van der Waals surface area contributed by atoms with Crippen LogP contribution in [0.2, 0.25) is 5.28 Å². The van der Waals surface area contributed by atoms with Crippen molar-refractivity contribution < 1.29 is 24.5 Å². The molecular weight excluding hydrogens is 442 g/mol. The number of terminal acetylenes is 1. The summed E-state index contributed by atoms with van der Waals surface area (Å²) < 4.78 is 11.8. The van der Waals surface area contributed by atoms with E-state index in [1.54, 1.807) is 6.07 Å². The van der Waals surface area contributed by atoms with E-state index in [-0.39, 0.29) is 36.4 Å². The molecule has 1 saturated heterocycles. The zero-order valence-electron chi connectivity index (χ0n) is 16.8. The Morgan fingerprint density at radius 1 is 1.38 bits per heavy atom. The van der Waals surface area contributed by atoms with Gasteiger partial charge in [-0.15, -0.1) is 12.8 Å². The van der Waals surface area contributed by atoms with Crippen molar-refractivity contribution in [1.82, 2.24) is 19.5 Å². The molecule has 4 rings (SSSR count). The van der Waals surface area contributed by atoms with E-state index in [0.717, 1.165) is 18.2 Å². The Morgan fingerprint density at radius 3 is 2.75 bits per heavy atom. The molecule has 5 N–H and O–H groups in total. The minimum atomic E-state index is -1.35. The minimum Gasteiger partial charge on any atom is -0.450 e. The van der Waals surface area contributed by atoms with Crippen LogP contribution in [0.4, 0.5) is 10.6 Å². The third-order valence-corrected chi connectivity index (χ3v) is 4.54. The molecule has 32 heavy (non-hydrogen) atoms. The van der Waals surface area contributed by atoms with Gasteiger partial charge >= 0.3 is 6.16 Å². The van der Waals surface area contributed by atoms with Gasteiger partial charge in [-0.2, -0.15) is 4.98 Å². The Bertz CT molecular complexity index is 1130. The molecule has 0 bridgehead atoms. The maximum Gasteiger partial charge on any atom is 0.506 e. The number of nitrogens with zero attached hydrogens (tertiary/aromatic N) is 3. The Morgan fingerprint density at radius 2 is 2.12 bits per heavy atom. The van der Waals surface area contributed by atoms with E-state index in [4.69, 9.17) is 32.3 Å². The number of aromatic amines is 1. The molecule has 1 fully saturated rings. The van der Waals surface area contributed by atoms with Gasteiger partial charge in [0, 0.05) is 18.5 Å². The number of fused-ring (bicyclic) bond motifs is 1. The number of pyridine rings is 1. The van der Waals surface area contributed by atoms with Crippen LogP contribution in [0.5, 0.6) is 0 Å². The number of halogens is 1. The average Bonchev–Trinajstić information content (AvgIpc) is 3.41. The van der Waals surface area contributed by atoms with Gasteiger partial charge in [-0.3, -0.25) is 4.79 Å². The highest BCUT2D eigenvalue weighted by molar-refractivity contribution is 6.28. The number of carbonyl (C=O) groups is 1. The van der Waals surface area contributed by atoms with E-state index in [0.29, 0.717) is 17.0 Å². The summed E-state index contributed by atoms with van der Waals surface area (Å²) in [5.74, 6) is 0.362. The van der Waals surface area contributed by atoms with Crippen LogP contribution in [0.15, 0.2) is 35.4 Å². The van der Waals surface area contributed by atoms with Gasteiger partial charge in [0.25, 0.3) is 0 Å².